The Morgan fingerprint density at radius 3 is 2.81 bits per heavy atom. The molecular weight excluding hydrogens is 270 g/mol. The minimum atomic E-state index is -0.0177. The van der Waals surface area contributed by atoms with Crippen molar-refractivity contribution in [1.29, 1.82) is 0 Å². The van der Waals surface area contributed by atoms with Crippen LogP contribution in [0.15, 0.2) is 18.3 Å². The average Bonchev–Trinajstić information content (AvgIpc) is 2.97. The summed E-state index contributed by atoms with van der Waals surface area (Å²) >= 11 is 0. The van der Waals surface area contributed by atoms with E-state index in [1.807, 2.05) is 4.90 Å². The Morgan fingerprint density at radius 2 is 2.10 bits per heavy atom. The molecule has 1 aromatic rings. The Labute approximate surface area is 123 Å². The number of nitrogens with zero attached hydrogens (tertiary/aromatic N) is 3. The van der Waals surface area contributed by atoms with Crippen LogP contribution >= 0.6 is 0 Å². The van der Waals surface area contributed by atoms with E-state index < -0.39 is 0 Å². The maximum Gasteiger partial charge on any atom is 0.233 e. The van der Waals surface area contributed by atoms with Gasteiger partial charge < -0.3 is 9.64 Å². The third-order valence-electron chi connectivity index (χ3n) is 4.18. The predicted molar refractivity (Wildman–Crippen MR) is 74.6 cm³/mol. The van der Waals surface area contributed by atoms with Gasteiger partial charge in [-0.1, -0.05) is 0 Å². The van der Waals surface area contributed by atoms with Crippen molar-refractivity contribution in [2.24, 2.45) is 5.92 Å². The molecule has 1 saturated heterocycles. The Bertz CT molecular complexity index is 510. The first-order valence-corrected chi connectivity index (χ1v) is 7.47. The van der Waals surface area contributed by atoms with Gasteiger partial charge >= 0.3 is 0 Å². The van der Waals surface area contributed by atoms with Gasteiger partial charge in [-0.3, -0.25) is 9.59 Å². The minimum Gasteiger partial charge on any atom is -0.471 e. The number of amides is 1. The number of hydrogen-bond donors (Lipinski definition) is 0. The van der Waals surface area contributed by atoms with E-state index in [9.17, 15) is 9.59 Å². The minimum absolute atomic E-state index is 0.0120. The Morgan fingerprint density at radius 1 is 1.29 bits per heavy atom. The zero-order chi connectivity index (χ0) is 14.7. The van der Waals surface area contributed by atoms with E-state index in [1.54, 1.807) is 18.3 Å². The lowest BCUT2D eigenvalue weighted by Gasteiger charge is -2.25. The molecule has 0 spiro atoms. The molecule has 1 saturated carbocycles. The molecule has 0 radical (unpaired) electrons. The number of ketones is 1. The van der Waals surface area contributed by atoms with Crippen LogP contribution in [-0.4, -0.2) is 46.0 Å². The molecule has 0 bridgehead atoms. The van der Waals surface area contributed by atoms with Crippen LogP contribution in [0.4, 0.5) is 0 Å². The van der Waals surface area contributed by atoms with E-state index in [1.165, 1.54) is 0 Å². The van der Waals surface area contributed by atoms with E-state index in [-0.39, 0.29) is 23.7 Å². The van der Waals surface area contributed by atoms with Crippen LogP contribution in [0.3, 0.4) is 0 Å². The number of aromatic nitrogens is 2. The monoisotopic (exact) mass is 289 g/mol. The van der Waals surface area contributed by atoms with Crippen LogP contribution in [0.25, 0.3) is 0 Å². The molecule has 6 nitrogen and oxygen atoms in total. The van der Waals surface area contributed by atoms with Gasteiger partial charge in [0.15, 0.2) is 0 Å². The molecule has 1 aliphatic carbocycles. The van der Waals surface area contributed by atoms with Gasteiger partial charge in [-0.05, 0) is 18.9 Å². The molecule has 2 aliphatic rings. The summed E-state index contributed by atoms with van der Waals surface area (Å²) in [6, 6.07) is 3.55. The molecule has 1 amide bonds. The number of carbonyl (C=O) groups excluding carboxylic acids is 2. The van der Waals surface area contributed by atoms with Gasteiger partial charge in [0.25, 0.3) is 0 Å². The first kappa shape index (κ1) is 14.0. The molecule has 1 atom stereocenters. The quantitative estimate of drug-likeness (QED) is 0.836. The molecule has 1 unspecified atom stereocenters. The molecule has 0 N–H and O–H groups in total. The van der Waals surface area contributed by atoms with Crippen molar-refractivity contribution >= 4 is 11.7 Å². The van der Waals surface area contributed by atoms with Crippen molar-refractivity contribution in [2.75, 3.05) is 13.1 Å². The van der Waals surface area contributed by atoms with Crippen LogP contribution in [-0.2, 0) is 9.59 Å². The third-order valence-corrected chi connectivity index (χ3v) is 4.18. The number of ether oxygens (including phenoxy) is 1. The number of hydrogen-bond acceptors (Lipinski definition) is 5. The summed E-state index contributed by atoms with van der Waals surface area (Å²) < 4.78 is 5.74. The summed E-state index contributed by atoms with van der Waals surface area (Å²) in [4.78, 5) is 25.5. The summed E-state index contributed by atoms with van der Waals surface area (Å²) in [6.07, 6.45) is 4.88. The fourth-order valence-electron chi connectivity index (χ4n) is 2.99. The van der Waals surface area contributed by atoms with Crippen molar-refractivity contribution in [3.05, 3.63) is 18.3 Å². The number of rotatable bonds is 3. The smallest absolute Gasteiger partial charge is 0.233 e. The van der Waals surface area contributed by atoms with Crippen LogP contribution < -0.4 is 4.74 Å². The van der Waals surface area contributed by atoms with E-state index >= 15 is 0 Å². The summed E-state index contributed by atoms with van der Waals surface area (Å²) in [7, 11) is 0. The Balaban J connectivity index is 1.52. The zero-order valence-electron chi connectivity index (χ0n) is 11.9. The zero-order valence-corrected chi connectivity index (χ0v) is 11.9. The summed E-state index contributed by atoms with van der Waals surface area (Å²) in [5.41, 5.74) is 0. The van der Waals surface area contributed by atoms with E-state index in [4.69, 9.17) is 4.74 Å². The number of Topliss-reactive ketones (excluding diaryl/α,β-unsaturated/α-hetero) is 1. The second-order valence-corrected chi connectivity index (χ2v) is 5.69. The molecule has 2 fully saturated rings. The van der Waals surface area contributed by atoms with Gasteiger partial charge in [0.1, 0.15) is 11.9 Å². The summed E-state index contributed by atoms with van der Waals surface area (Å²) in [5.74, 6) is 0.968. The normalized spacial score (nSPS) is 23.3. The van der Waals surface area contributed by atoms with Crippen LogP contribution in [0.1, 0.15) is 32.1 Å². The first-order chi connectivity index (χ1) is 10.2. The van der Waals surface area contributed by atoms with Gasteiger partial charge in [0.05, 0.1) is 6.54 Å². The highest BCUT2D eigenvalue weighted by Crippen LogP contribution is 2.26. The molecule has 21 heavy (non-hydrogen) atoms. The van der Waals surface area contributed by atoms with Crippen LogP contribution in [0, 0.1) is 5.92 Å². The molecule has 1 aromatic heterocycles. The molecule has 0 aromatic carbocycles. The highest BCUT2D eigenvalue weighted by molar-refractivity contribution is 5.84. The van der Waals surface area contributed by atoms with Crippen molar-refractivity contribution in [3.63, 3.8) is 0 Å². The second-order valence-electron chi connectivity index (χ2n) is 5.69. The largest absolute Gasteiger partial charge is 0.471 e. The molecule has 2 heterocycles. The van der Waals surface area contributed by atoms with Crippen LogP contribution in [0.2, 0.25) is 0 Å². The molecule has 3 rings (SSSR count). The van der Waals surface area contributed by atoms with E-state index in [2.05, 4.69) is 10.2 Å². The average molecular weight is 289 g/mol. The van der Waals surface area contributed by atoms with E-state index in [0.717, 1.165) is 6.42 Å². The molecule has 112 valence electrons. The lowest BCUT2D eigenvalue weighted by Crippen LogP contribution is -2.37. The van der Waals surface area contributed by atoms with Crippen molar-refractivity contribution in [2.45, 2.75) is 38.2 Å². The highest BCUT2D eigenvalue weighted by Gasteiger charge is 2.33. The van der Waals surface area contributed by atoms with E-state index in [0.29, 0.717) is 44.7 Å². The summed E-state index contributed by atoms with van der Waals surface area (Å²) in [6.45, 7) is 1.31. The highest BCUT2D eigenvalue weighted by atomic mass is 16.5. The van der Waals surface area contributed by atoms with Gasteiger partial charge in [-0.2, -0.15) is 5.10 Å². The molecular formula is C15H19N3O3. The Hall–Kier alpha value is -1.98. The van der Waals surface area contributed by atoms with Crippen molar-refractivity contribution < 1.29 is 14.3 Å². The fourth-order valence-corrected chi connectivity index (χ4v) is 2.99. The van der Waals surface area contributed by atoms with Crippen molar-refractivity contribution in [1.82, 2.24) is 15.1 Å². The SMILES string of the molecule is O=C1CCC(C(=O)N2CCC(Oc3cccnn3)C2)CC1. The third kappa shape index (κ3) is 3.37. The number of carbonyl (C=O) groups is 2. The first-order valence-electron chi connectivity index (χ1n) is 7.47. The maximum absolute atomic E-state index is 12.4. The topological polar surface area (TPSA) is 72.4 Å². The second kappa shape index (κ2) is 6.20. The Kier molecular flexibility index (Phi) is 4.13. The lowest BCUT2D eigenvalue weighted by molar-refractivity contribution is -0.136. The maximum atomic E-state index is 12.4. The van der Waals surface area contributed by atoms with Gasteiger partial charge in [0, 0.05) is 44.0 Å². The van der Waals surface area contributed by atoms with Crippen molar-refractivity contribution in [3.8, 4) is 5.88 Å². The van der Waals surface area contributed by atoms with Crippen LogP contribution in [0.5, 0.6) is 5.88 Å². The lowest BCUT2D eigenvalue weighted by atomic mass is 9.87. The van der Waals surface area contributed by atoms with Gasteiger partial charge in [-0.15, -0.1) is 5.10 Å². The molecule has 6 heteroatoms. The fraction of sp³-hybridized carbons (Fsp3) is 0.600. The summed E-state index contributed by atoms with van der Waals surface area (Å²) in [5, 5.41) is 7.67. The standard InChI is InChI=1S/C15H19N3O3/c19-12-5-3-11(4-6-12)15(20)18-9-7-13(10-18)21-14-2-1-8-16-17-14/h1-2,8,11,13H,3-7,9-10H2. The predicted octanol–water partition coefficient (Wildman–Crippen LogP) is 1.22. The molecule has 1 aliphatic heterocycles. The van der Waals surface area contributed by atoms with Gasteiger partial charge in [-0.25, -0.2) is 0 Å². The van der Waals surface area contributed by atoms with Gasteiger partial charge in [0.2, 0.25) is 11.8 Å². The number of likely N-dealkylation sites (tertiary alicyclic amines) is 1.